The number of nitrogens with one attached hydrogen (secondary N) is 2. The average molecular weight is 375 g/mol. The van der Waals surface area contributed by atoms with E-state index in [9.17, 15) is 4.79 Å². The van der Waals surface area contributed by atoms with Gasteiger partial charge in [-0.2, -0.15) is 0 Å². The van der Waals surface area contributed by atoms with Crippen molar-refractivity contribution in [2.45, 2.75) is 32.7 Å². The van der Waals surface area contributed by atoms with Gasteiger partial charge >= 0.3 is 0 Å². The fraction of sp³-hybridized carbons (Fsp3) is 0.304. The first-order chi connectivity index (χ1) is 13.6. The third-order valence-electron chi connectivity index (χ3n) is 5.35. The molecule has 1 aliphatic heterocycles. The Morgan fingerprint density at radius 3 is 3.00 bits per heavy atom. The van der Waals surface area contributed by atoms with Gasteiger partial charge in [0.15, 0.2) is 0 Å². The standard InChI is InChI=1S/C23H25N3O2/c1-3-15(2)22(23-24-18-6-4-5-7-19(18)25-23)26-21(27)11-9-16-8-10-20-17(14-16)12-13-28-20/h4-11,14-15,22H,3,12-13H2,1-2H3,(H,24,25)(H,26,27)/b11-9+. The summed E-state index contributed by atoms with van der Waals surface area (Å²) in [5.74, 6) is 1.88. The van der Waals surface area contributed by atoms with Gasteiger partial charge in [-0.05, 0) is 47.4 Å². The van der Waals surface area contributed by atoms with E-state index in [0.717, 1.165) is 47.6 Å². The number of fused-ring (bicyclic) bond motifs is 2. The molecule has 0 aliphatic carbocycles. The number of carbonyl (C=O) groups is 1. The minimum Gasteiger partial charge on any atom is -0.493 e. The van der Waals surface area contributed by atoms with Gasteiger partial charge in [-0.3, -0.25) is 4.79 Å². The lowest BCUT2D eigenvalue weighted by Gasteiger charge is -2.21. The van der Waals surface area contributed by atoms with E-state index in [2.05, 4.69) is 35.2 Å². The second kappa shape index (κ2) is 7.89. The number of carbonyl (C=O) groups excluding carboxylic acids is 1. The van der Waals surface area contributed by atoms with E-state index in [0.29, 0.717) is 0 Å². The molecule has 0 saturated heterocycles. The summed E-state index contributed by atoms with van der Waals surface area (Å²) in [6.45, 7) is 4.98. The zero-order valence-corrected chi connectivity index (χ0v) is 16.2. The third kappa shape index (κ3) is 3.79. The fourth-order valence-corrected chi connectivity index (χ4v) is 3.52. The van der Waals surface area contributed by atoms with Crippen LogP contribution in [0.4, 0.5) is 0 Å². The molecule has 2 N–H and O–H groups in total. The van der Waals surface area contributed by atoms with Crippen LogP contribution in [0.15, 0.2) is 48.5 Å². The van der Waals surface area contributed by atoms with Gasteiger partial charge < -0.3 is 15.0 Å². The monoisotopic (exact) mass is 375 g/mol. The van der Waals surface area contributed by atoms with Crippen molar-refractivity contribution in [2.24, 2.45) is 5.92 Å². The van der Waals surface area contributed by atoms with Gasteiger partial charge in [-0.1, -0.05) is 38.5 Å². The SMILES string of the molecule is CCC(C)C(NC(=O)/C=C/c1ccc2c(c1)CCO2)c1nc2ccccc2[nH]1. The molecule has 2 atom stereocenters. The molecule has 4 rings (SSSR count). The van der Waals surface area contributed by atoms with Gasteiger partial charge in [0, 0.05) is 12.5 Å². The topological polar surface area (TPSA) is 67.0 Å². The number of ether oxygens (including phenoxy) is 1. The number of nitrogens with zero attached hydrogens (tertiary/aromatic N) is 1. The number of amides is 1. The molecule has 3 aromatic rings. The summed E-state index contributed by atoms with van der Waals surface area (Å²) >= 11 is 0. The number of benzene rings is 2. The zero-order valence-electron chi connectivity index (χ0n) is 16.2. The second-order valence-electron chi connectivity index (χ2n) is 7.31. The molecule has 0 bridgehead atoms. The van der Waals surface area contributed by atoms with Crippen molar-refractivity contribution in [1.82, 2.24) is 15.3 Å². The van der Waals surface area contributed by atoms with E-state index in [4.69, 9.17) is 4.74 Å². The molecule has 144 valence electrons. The molecule has 2 heterocycles. The van der Waals surface area contributed by atoms with Crippen molar-refractivity contribution in [3.63, 3.8) is 0 Å². The summed E-state index contributed by atoms with van der Waals surface area (Å²) in [5.41, 5.74) is 4.09. The molecule has 1 aliphatic rings. The number of aromatic nitrogens is 2. The minimum absolute atomic E-state index is 0.123. The van der Waals surface area contributed by atoms with Crippen LogP contribution in [0.1, 0.15) is 43.3 Å². The molecule has 2 unspecified atom stereocenters. The Bertz CT molecular complexity index is 989. The predicted molar refractivity (Wildman–Crippen MR) is 111 cm³/mol. The molecule has 0 radical (unpaired) electrons. The molecule has 0 fully saturated rings. The lowest BCUT2D eigenvalue weighted by molar-refractivity contribution is -0.117. The molecule has 1 aromatic heterocycles. The van der Waals surface area contributed by atoms with E-state index < -0.39 is 0 Å². The summed E-state index contributed by atoms with van der Waals surface area (Å²) in [6.07, 6.45) is 5.30. The first kappa shape index (κ1) is 18.3. The smallest absolute Gasteiger partial charge is 0.244 e. The van der Waals surface area contributed by atoms with Crippen molar-refractivity contribution < 1.29 is 9.53 Å². The van der Waals surface area contributed by atoms with E-state index in [1.54, 1.807) is 6.08 Å². The van der Waals surface area contributed by atoms with Crippen LogP contribution in [-0.2, 0) is 11.2 Å². The summed E-state index contributed by atoms with van der Waals surface area (Å²) in [7, 11) is 0. The highest BCUT2D eigenvalue weighted by atomic mass is 16.5. The number of imidazole rings is 1. The van der Waals surface area contributed by atoms with Gasteiger partial charge in [0.05, 0.1) is 23.7 Å². The molecule has 5 nitrogen and oxygen atoms in total. The third-order valence-corrected chi connectivity index (χ3v) is 5.35. The lowest BCUT2D eigenvalue weighted by atomic mass is 9.98. The van der Waals surface area contributed by atoms with Crippen LogP contribution < -0.4 is 10.1 Å². The lowest BCUT2D eigenvalue weighted by Crippen LogP contribution is -2.32. The van der Waals surface area contributed by atoms with Crippen molar-refractivity contribution >= 4 is 23.0 Å². The molecule has 0 spiro atoms. The largest absolute Gasteiger partial charge is 0.493 e. The number of rotatable bonds is 6. The van der Waals surface area contributed by atoms with Gasteiger partial charge in [0.1, 0.15) is 11.6 Å². The van der Waals surface area contributed by atoms with Crippen LogP contribution in [0.2, 0.25) is 0 Å². The van der Waals surface area contributed by atoms with Crippen molar-refractivity contribution in [2.75, 3.05) is 6.61 Å². The highest BCUT2D eigenvalue weighted by Crippen LogP contribution is 2.27. The highest BCUT2D eigenvalue weighted by molar-refractivity contribution is 5.92. The maximum atomic E-state index is 12.6. The van der Waals surface area contributed by atoms with Gasteiger partial charge in [-0.15, -0.1) is 0 Å². The van der Waals surface area contributed by atoms with E-state index in [1.165, 1.54) is 5.56 Å². The molecular weight excluding hydrogens is 350 g/mol. The van der Waals surface area contributed by atoms with Crippen molar-refractivity contribution in [3.05, 3.63) is 65.5 Å². The maximum Gasteiger partial charge on any atom is 0.244 e. The van der Waals surface area contributed by atoms with Gasteiger partial charge in [0.2, 0.25) is 5.91 Å². The first-order valence-corrected chi connectivity index (χ1v) is 9.83. The maximum absolute atomic E-state index is 12.6. The van der Waals surface area contributed by atoms with E-state index >= 15 is 0 Å². The van der Waals surface area contributed by atoms with Crippen LogP contribution in [0.3, 0.4) is 0 Å². The summed E-state index contributed by atoms with van der Waals surface area (Å²) in [4.78, 5) is 20.6. The number of H-pyrrole nitrogens is 1. The highest BCUT2D eigenvalue weighted by Gasteiger charge is 2.22. The molecule has 1 amide bonds. The van der Waals surface area contributed by atoms with Crippen molar-refractivity contribution in [3.8, 4) is 5.75 Å². The summed E-state index contributed by atoms with van der Waals surface area (Å²) < 4.78 is 5.53. The van der Waals surface area contributed by atoms with Crippen LogP contribution in [-0.4, -0.2) is 22.5 Å². The van der Waals surface area contributed by atoms with Crippen molar-refractivity contribution in [1.29, 1.82) is 0 Å². The molecule has 28 heavy (non-hydrogen) atoms. The van der Waals surface area contributed by atoms with Crippen LogP contribution in [0.25, 0.3) is 17.1 Å². The fourth-order valence-electron chi connectivity index (χ4n) is 3.52. The molecular formula is C23H25N3O2. The Labute approximate surface area is 164 Å². The first-order valence-electron chi connectivity index (χ1n) is 9.83. The Hall–Kier alpha value is -3.08. The Kier molecular flexibility index (Phi) is 5.15. The number of para-hydroxylation sites is 2. The molecule has 0 saturated carbocycles. The van der Waals surface area contributed by atoms with Crippen LogP contribution >= 0.6 is 0 Å². The van der Waals surface area contributed by atoms with E-state index in [1.807, 2.05) is 42.5 Å². The summed E-state index contributed by atoms with van der Waals surface area (Å²) in [5, 5.41) is 3.12. The normalized spacial score (nSPS) is 15.4. The Balaban J connectivity index is 1.50. The Morgan fingerprint density at radius 1 is 1.32 bits per heavy atom. The summed E-state index contributed by atoms with van der Waals surface area (Å²) in [6, 6.07) is 13.8. The van der Waals surface area contributed by atoms with Gasteiger partial charge in [0.25, 0.3) is 0 Å². The predicted octanol–water partition coefficient (Wildman–Crippen LogP) is 4.41. The quantitative estimate of drug-likeness (QED) is 0.627. The molecule has 5 heteroatoms. The van der Waals surface area contributed by atoms with E-state index in [-0.39, 0.29) is 17.9 Å². The average Bonchev–Trinajstić information content (AvgIpc) is 3.35. The Morgan fingerprint density at radius 2 is 2.18 bits per heavy atom. The molecule has 2 aromatic carbocycles. The van der Waals surface area contributed by atoms with Gasteiger partial charge in [-0.25, -0.2) is 4.98 Å². The number of aromatic amines is 1. The minimum atomic E-state index is -0.164. The second-order valence-corrected chi connectivity index (χ2v) is 7.31. The number of hydrogen-bond donors (Lipinski definition) is 2. The number of hydrogen-bond acceptors (Lipinski definition) is 3. The van der Waals surface area contributed by atoms with Crippen LogP contribution in [0, 0.1) is 5.92 Å². The van der Waals surface area contributed by atoms with Crippen LogP contribution in [0.5, 0.6) is 5.75 Å². The zero-order chi connectivity index (χ0) is 19.5.